The number of aliphatic hydroxyl groups is 1. The number of benzene rings is 1. The summed E-state index contributed by atoms with van der Waals surface area (Å²) in [6, 6.07) is 9.67. The third kappa shape index (κ3) is 5.78. The quantitative estimate of drug-likeness (QED) is 0.743. The van der Waals surface area contributed by atoms with Crippen LogP contribution in [0.1, 0.15) is 48.7 Å². The molecule has 158 valence electrons. The topological polar surface area (TPSA) is 71.9 Å². The van der Waals surface area contributed by atoms with E-state index in [4.69, 9.17) is 9.47 Å². The number of likely N-dealkylation sites (tertiary alicyclic amines) is 1. The van der Waals surface area contributed by atoms with Crippen molar-refractivity contribution in [2.75, 3.05) is 19.7 Å². The van der Waals surface area contributed by atoms with Crippen molar-refractivity contribution in [1.29, 1.82) is 0 Å². The molecule has 1 fully saturated rings. The lowest BCUT2D eigenvalue weighted by Gasteiger charge is -2.25. The molecule has 0 spiro atoms. The van der Waals surface area contributed by atoms with Crippen LogP contribution in [0.5, 0.6) is 5.75 Å². The van der Waals surface area contributed by atoms with Gasteiger partial charge in [-0.25, -0.2) is 4.98 Å². The van der Waals surface area contributed by atoms with Gasteiger partial charge in [-0.05, 0) is 45.7 Å². The fourth-order valence-electron chi connectivity index (χ4n) is 3.34. The monoisotopic (exact) mass is 418 g/mol. The number of ether oxygens (including phenoxy) is 2. The Balaban J connectivity index is 1.63. The third-order valence-electron chi connectivity index (χ3n) is 5.11. The van der Waals surface area contributed by atoms with Gasteiger partial charge in [0.15, 0.2) is 0 Å². The molecule has 1 saturated heterocycles. The van der Waals surface area contributed by atoms with E-state index < -0.39 is 5.60 Å². The van der Waals surface area contributed by atoms with E-state index in [1.54, 1.807) is 4.90 Å². The molecule has 1 aromatic heterocycles. The van der Waals surface area contributed by atoms with Gasteiger partial charge in [-0.2, -0.15) is 0 Å². The minimum atomic E-state index is -1.01. The van der Waals surface area contributed by atoms with Gasteiger partial charge in [0.05, 0.1) is 16.7 Å². The van der Waals surface area contributed by atoms with E-state index in [1.807, 2.05) is 51.1 Å². The average molecular weight is 419 g/mol. The zero-order valence-electron chi connectivity index (χ0n) is 17.4. The summed E-state index contributed by atoms with van der Waals surface area (Å²) < 4.78 is 11.3. The Bertz CT molecular complexity index is 808. The van der Waals surface area contributed by atoms with Crippen LogP contribution in [0.25, 0.3) is 0 Å². The molecule has 0 aliphatic carbocycles. The molecule has 1 aliphatic rings. The molecule has 2 heterocycles. The van der Waals surface area contributed by atoms with Crippen molar-refractivity contribution in [3.8, 4) is 5.75 Å². The molecule has 29 heavy (non-hydrogen) atoms. The van der Waals surface area contributed by atoms with Crippen LogP contribution in [-0.2, 0) is 21.7 Å². The highest BCUT2D eigenvalue weighted by Gasteiger charge is 2.36. The average Bonchev–Trinajstić information content (AvgIpc) is 2.96. The Labute approximate surface area is 176 Å². The van der Waals surface area contributed by atoms with Crippen LogP contribution >= 0.6 is 11.3 Å². The number of nitrogens with zero attached hydrogens (tertiary/aromatic N) is 2. The zero-order valence-corrected chi connectivity index (χ0v) is 18.2. The molecular formula is C22H30N2O4S. The lowest BCUT2D eigenvalue weighted by atomic mass is 9.96. The van der Waals surface area contributed by atoms with Crippen LogP contribution in [0.2, 0.25) is 0 Å². The number of amides is 1. The molecule has 1 N–H and O–H groups in total. The molecular weight excluding hydrogens is 388 g/mol. The Morgan fingerprint density at radius 2 is 2.03 bits per heavy atom. The Hall–Kier alpha value is -1.96. The second-order valence-corrected chi connectivity index (χ2v) is 8.84. The number of aryl methyl sites for hydroxylation is 1. The van der Waals surface area contributed by atoms with E-state index in [0.29, 0.717) is 32.5 Å². The first-order valence-electron chi connectivity index (χ1n) is 10.1. The molecule has 0 bridgehead atoms. The normalized spacial score (nSPS) is 20.0. The second-order valence-electron chi connectivity index (χ2n) is 7.76. The molecule has 0 radical (unpaired) electrons. The highest BCUT2D eigenvalue weighted by atomic mass is 32.1. The van der Waals surface area contributed by atoms with Crippen molar-refractivity contribution in [3.63, 3.8) is 0 Å². The molecule has 1 aromatic carbocycles. The van der Waals surface area contributed by atoms with Crippen LogP contribution in [0.3, 0.4) is 0 Å². The maximum absolute atomic E-state index is 12.4. The summed E-state index contributed by atoms with van der Waals surface area (Å²) in [6.45, 7) is 7.44. The summed E-state index contributed by atoms with van der Waals surface area (Å²) in [4.78, 5) is 19.8. The number of hydrogen-bond donors (Lipinski definition) is 1. The predicted molar refractivity (Wildman–Crippen MR) is 113 cm³/mol. The summed E-state index contributed by atoms with van der Waals surface area (Å²) in [5, 5.41) is 12.0. The number of hydrogen-bond acceptors (Lipinski definition) is 6. The second kappa shape index (κ2) is 9.69. The molecule has 7 heteroatoms. The van der Waals surface area contributed by atoms with Crippen molar-refractivity contribution in [3.05, 3.63) is 45.9 Å². The third-order valence-corrected chi connectivity index (χ3v) is 6.43. The Kier molecular flexibility index (Phi) is 7.27. The van der Waals surface area contributed by atoms with Crippen molar-refractivity contribution in [2.24, 2.45) is 0 Å². The number of aromatic nitrogens is 1. The van der Waals surface area contributed by atoms with Crippen molar-refractivity contribution in [1.82, 2.24) is 9.88 Å². The molecule has 2 aromatic rings. The van der Waals surface area contributed by atoms with E-state index in [-0.39, 0.29) is 18.6 Å². The van der Waals surface area contributed by atoms with Gasteiger partial charge < -0.3 is 19.5 Å². The predicted octanol–water partition coefficient (Wildman–Crippen LogP) is 3.66. The van der Waals surface area contributed by atoms with Crippen molar-refractivity contribution >= 4 is 17.2 Å². The number of thiazole rings is 1. The van der Waals surface area contributed by atoms with Gasteiger partial charge in [0.1, 0.15) is 29.6 Å². The van der Waals surface area contributed by atoms with Gasteiger partial charge in [-0.15, -0.1) is 11.3 Å². The van der Waals surface area contributed by atoms with Gasteiger partial charge in [0.25, 0.3) is 0 Å². The zero-order chi connectivity index (χ0) is 20.9. The Morgan fingerprint density at radius 1 is 1.28 bits per heavy atom. The van der Waals surface area contributed by atoms with E-state index in [1.165, 1.54) is 11.3 Å². The van der Waals surface area contributed by atoms with Crippen molar-refractivity contribution in [2.45, 2.75) is 58.3 Å². The SMILES string of the molecule is Cc1nc([C@@]2(O)CCCN(C(=O)COC(C)C)CC2)sc1COc1ccccc1. The molecule has 1 aliphatic heterocycles. The molecule has 0 saturated carbocycles. The van der Waals surface area contributed by atoms with Gasteiger partial charge in [-0.1, -0.05) is 18.2 Å². The Morgan fingerprint density at radius 3 is 2.76 bits per heavy atom. The molecule has 1 amide bonds. The first kappa shape index (κ1) is 21.7. The summed E-state index contributed by atoms with van der Waals surface area (Å²) in [6.07, 6.45) is 1.83. The number of rotatable bonds is 7. The first-order valence-corrected chi connectivity index (χ1v) is 11.0. The standard InChI is InChI=1S/C22H30N2O4S/c1-16(2)27-15-20(25)24-12-7-10-22(26,11-13-24)21-23-17(3)19(29-21)14-28-18-8-5-4-6-9-18/h4-6,8-9,16,26H,7,10-15H2,1-3H3/t22-/m1/s1. The van der Waals surface area contributed by atoms with E-state index in [9.17, 15) is 9.90 Å². The minimum Gasteiger partial charge on any atom is -0.488 e. The van der Waals surface area contributed by atoms with Gasteiger partial charge in [0, 0.05) is 19.5 Å². The van der Waals surface area contributed by atoms with Crippen LogP contribution in [0.4, 0.5) is 0 Å². The molecule has 0 unspecified atom stereocenters. The van der Waals surface area contributed by atoms with Gasteiger partial charge in [0.2, 0.25) is 5.91 Å². The van der Waals surface area contributed by atoms with E-state index >= 15 is 0 Å². The maximum atomic E-state index is 12.4. The van der Waals surface area contributed by atoms with Crippen LogP contribution < -0.4 is 4.74 Å². The highest BCUT2D eigenvalue weighted by molar-refractivity contribution is 7.11. The summed E-state index contributed by atoms with van der Waals surface area (Å²) >= 11 is 1.50. The van der Waals surface area contributed by atoms with Gasteiger partial charge >= 0.3 is 0 Å². The van der Waals surface area contributed by atoms with Crippen LogP contribution in [0.15, 0.2) is 30.3 Å². The minimum absolute atomic E-state index is 0.0183. The number of para-hydroxylation sites is 1. The summed E-state index contributed by atoms with van der Waals surface area (Å²) in [7, 11) is 0. The maximum Gasteiger partial charge on any atom is 0.248 e. The summed E-state index contributed by atoms with van der Waals surface area (Å²) in [5.74, 6) is 0.794. The van der Waals surface area contributed by atoms with Gasteiger partial charge in [-0.3, -0.25) is 4.79 Å². The molecule has 1 atom stereocenters. The first-order chi connectivity index (χ1) is 13.9. The van der Waals surface area contributed by atoms with Crippen LogP contribution in [0, 0.1) is 6.92 Å². The largest absolute Gasteiger partial charge is 0.488 e. The number of carbonyl (C=O) groups is 1. The lowest BCUT2D eigenvalue weighted by molar-refractivity contribution is -0.137. The smallest absolute Gasteiger partial charge is 0.248 e. The van der Waals surface area contributed by atoms with E-state index in [0.717, 1.165) is 27.7 Å². The molecule has 3 rings (SSSR count). The number of carbonyl (C=O) groups excluding carboxylic acids is 1. The van der Waals surface area contributed by atoms with E-state index in [2.05, 4.69) is 4.98 Å². The van der Waals surface area contributed by atoms with Crippen molar-refractivity contribution < 1.29 is 19.4 Å². The summed E-state index contributed by atoms with van der Waals surface area (Å²) in [5.41, 5.74) is -0.120. The molecule has 6 nitrogen and oxygen atoms in total. The fourth-order valence-corrected chi connectivity index (χ4v) is 4.46. The fraction of sp³-hybridized carbons (Fsp3) is 0.545. The lowest BCUT2D eigenvalue weighted by Crippen LogP contribution is -2.36. The highest BCUT2D eigenvalue weighted by Crippen LogP contribution is 2.36. The van der Waals surface area contributed by atoms with Crippen LogP contribution in [-0.4, -0.2) is 46.7 Å².